The number of hydrogen-bond acceptors (Lipinski definition) is 4. The number of anilines is 1. The second-order valence-corrected chi connectivity index (χ2v) is 7.32. The first-order valence-corrected chi connectivity index (χ1v) is 8.63. The summed E-state index contributed by atoms with van der Waals surface area (Å²) in [7, 11) is 0. The molecule has 1 aromatic rings. The van der Waals surface area contributed by atoms with E-state index in [1.54, 1.807) is 24.3 Å². The van der Waals surface area contributed by atoms with E-state index in [0.29, 0.717) is 11.3 Å². The van der Waals surface area contributed by atoms with Gasteiger partial charge in [-0.05, 0) is 38.8 Å². The topological polar surface area (TPSA) is 49.4 Å². The summed E-state index contributed by atoms with van der Waals surface area (Å²) in [6, 6.07) is 6.97. The van der Waals surface area contributed by atoms with Crippen molar-refractivity contribution >= 4 is 45.7 Å². The average molecular weight is 336 g/mol. The lowest BCUT2D eigenvalue weighted by Gasteiger charge is -2.20. The molecule has 0 aromatic heterocycles. The minimum atomic E-state index is -0.269. The van der Waals surface area contributed by atoms with E-state index >= 15 is 0 Å². The largest absolute Gasteiger partial charge is 0.358 e. The van der Waals surface area contributed by atoms with E-state index in [1.165, 1.54) is 31.5 Å². The summed E-state index contributed by atoms with van der Waals surface area (Å²) >= 11 is 6.81. The summed E-state index contributed by atoms with van der Waals surface area (Å²) in [5.41, 5.74) is 1.22. The third-order valence-electron chi connectivity index (χ3n) is 3.55. The summed E-state index contributed by atoms with van der Waals surface area (Å²) < 4.78 is 0.789. The molecule has 0 radical (unpaired) electrons. The fourth-order valence-corrected chi connectivity index (χ4v) is 3.65. The van der Waals surface area contributed by atoms with Crippen molar-refractivity contribution in [2.45, 2.75) is 31.9 Å². The molecule has 1 aliphatic rings. The predicted molar refractivity (Wildman–Crippen MR) is 95.5 cm³/mol. The van der Waals surface area contributed by atoms with Crippen LogP contribution in [0.5, 0.6) is 0 Å². The van der Waals surface area contributed by atoms with Crippen LogP contribution in [0.15, 0.2) is 24.3 Å². The van der Waals surface area contributed by atoms with Crippen molar-refractivity contribution < 1.29 is 9.59 Å². The van der Waals surface area contributed by atoms with Crippen LogP contribution in [0.1, 0.15) is 37.0 Å². The molecule has 1 amide bonds. The Morgan fingerprint density at radius 2 is 2.00 bits per heavy atom. The number of nitrogens with zero attached hydrogens (tertiary/aromatic N) is 1. The number of rotatable bonds is 4. The number of thioether (sulfide) groups is 1. The number of carbonyl (C=O) groups is 2. The van der Waals surface area contributed by atoms with Crippen LogP contribution in [0.3, 0.4) is 0 Å². The van der Waals surface area contributed by atoms with E-state index in [0.717, 1.165) is 17.4 Å². The van der Waals surface area contributed by atoms with E-state index in [-0.39, 0.29) is 16.9 Å². The van der Waals surface area contributed by atoms with Gasteiger partial charge >= 0.3 is 0 Å². The zero-order valence-electron chi connectivity index (χ0n) is 12.8. The molecule has 1 aliphatic heterocycles. The Kier molecular flexibility index (Phi) is 5.97. The smallest absolute Gasteiger partial charge is 0.237 e. The van der Waals surface area contributed by atoms with Crippen molar-refractivity contribution in [2.24, 2.45) is 0 Å². The highest BCUT2D eigenvalue weighted by atomic mass is 32.2. The molecule has 1 saturated heterocycles. The molecule has 118 valence electrons. The van der Waals surface area contributed by atoms with Gasteiger partial charge in [-0.2, -0.15) is 0 Å². The molecule has 0 bridgehead atoms. The van der Waals surface area contributed by atoms with E-state index < -0.39 is 0 Å². The van der Waals surface area contributed by atoms with Gasteiger partial charge in [-0.15, -0.1) is 0 Å². The van der Waals surface area contributed by atoms with Gasteiger partial charge in [-0.3, -0.25) is 9.59 Å². The molecule has 6 heteroatoms. The van der Waals surface area contributed by atoms with Crippen molar-refractivity contribution in [3.8, 4) is 0 Å². The molecule has 2 rings (SSSR count). The summed E-state index contributed by atoms with van der Waals surface area (Å²) in [4.78, 5) is 25.8. The maximum Gasteiger partial charge on any atom is 0.237 e. The Labute approximate surface area is 140 Å². The van der Waals surface area contributed by atoms with E-state index in [9.17, 15) is 9.59 Å². The van der Waals surface area contributed by atoms with Crippen molar-refractivity contribution in [3.05, 3.63) is 29.8 Å². The molecule has 0 aliphatic carbocycles. The van der Waals surface area contributed by atoms with Gasteiger partial charge < -0.3 is 10.2 Å². The third-order valence-corrected chi connectivity index (χ3v) is 5.12. The lowest BCUT2D eigenvalue weighted by atomic mass is 10.1. The number of hydrogen-bond donors (Lipinski definition) is 1. The molecule has 1 fully saturated rings. The van der Waals surface area contributed by atoms with Crippen LogP contribution in [-0.2, 0) is 4.79 Å². The van der Waals surface area contributed by atoms with Crippen LogP contribution in [0.25, 0.3) is 0 Å². The molecule has 0 saturated carbocycles. The molecular weight excluding hydrogens is 316 g/mol. The second-order valence-electron chi connectivity index (χ2n) is 5.35. The Morgan fingerprint density at radius 3 is 2.64 bits per heavy atom. The van der Waals surface area contributed by atoms with Crippen molar-refractivity contribution in [1.29, 1.82) is 0 Å². The van der Waals surface area contributed by atoms with Gasteiger partial charge in [0.05, 0.1) is 5.25 Å². The Bertz CT molecular complexity index is 583. The van der Waals surface area contributed by atoms with E-state index in [4.69, 9.17) is 12.2 Å². The zero-order chi connectivity index (χ0) is 16.1. The molecule has 1 atom stereocenters. The number of ketones is 1. The molecule has 1 heterocycles. The molecule has 1 aromatic carbocycles. The number of nitrogens with one attached hydrogen (secondary N) is 1. The van der Waals surface area contributed by atoms with Gasteiger partial charge in [0.2, 0.25) is 5.91 Å². The first-order chi connectivity index (χ1) is 10.5. The summed E-state index contributed by atoms with van der Waals surface area (Å²) in [6.45, 7) is 5.33. The van der Waals surface area contributed by atoms with Gasteiger partial charge in [0.1, 0.15) is 4.32 Å². The Morgan fingerprint density at radius 1 is 1.32 bits per heavy atom. The normalized spacial score (nSPS) is 15.5. The first-order valence-electron chi connectivity index (χ1n) is 7.35. The summed E-state index contributed by atoms with van der Waals surface area (Å²) in [5.74, 6) is -0.124. The zero-order valence-corrected chi connectivity index (χ0v) is 14.4. The number of thiocarbonyl (C=S) groups is 1. The van der Waals surface area contributed by atoms with Gasteiger partial charge in [-0.1, -0.05) is 36.1 Å². The maximum absolute atomic E-state index is 12.2. The predicted octanol–water partition coefficient (Wildman–Crippen LogP) is 3.33. The monoisotopic (exact) mass is 336 g/mol. The highest BCUT2D eigenvalue weighted by Gasteiger charge is 2.21. The maximum atomic E-state index is 12.2. The highest BCUT2D eigenvalue weighted by molar-refractivity contribution is 8.23. The lowest BCUT2D eigenvalue weighted by molar-refractivity contribution is -0.115. The highest BCUT2D eigenvalue weighted by Crippen LogP contribution is 2.21. The number of likely N-dealkylation sites (tertiary alicyclic amines) is 1. The fraction of sp³-hybridized carbons (Fsp3) is 0.438. The van der Waals surface area contributed by atoms with Crippen LogP contribution in [0.2, 0.25) is 0 Å². The van der Waals surface area contributed by atoms with Crippen LogP contribution in [0, 0.1) is 0 Å². The number of carbonyl (C=O) groups excluding carboxylic acids is 2. The van der Waals surface area contributed by atoms with Crippen LogP contribution < -0.4 is 5.32 Å². The third kappa shape index (κ3) is 4.55. The first kappa shape index (κ1) is 17.0. The molecular formula is C16H20N2O2S2. The van der Waals surface area contributed by atoms with Crippen molar-refractivity contribution in [3.63, 3.8) is 0 Å². The Hall–Kier alpha value is -1.40. The SMILES string of the molecule is CC(=O)c1cccc(NC(=O)[C@@H](C)SC(=S)N2CCCC2)c1. The van der Waals surface area contributed by atoms with Gasteiger partial charge in [0, 0.05) is 24.3 Å². The molecule has 1 N–H and O–H groups in total. The fourth-order valence-electron chi connectivity index (χ4n) is 2.24. The van der Waals surface area contributed by atoms with Gasteiger partial charge in [0.25, 0.3) is 0 Å². The minimum Gasteiger partial charge on any atom is -0.358 e. The molecule has 0 spiro atoms. The number of Topliss-reactive ketones (excluding diaryl/α,β-unsaturated/α-hetero) is 1. The average Bonchev–Trinajstić information content (AvgIpc) is 3.01. The van der Waals surface area contributed by atoms with Crippen molar-refractivity contribution in [1.82, 2.24) is 4.90 Å². The summed E-state index contributed by atoms with van der Waals surface area (Å²) in [6.07, 6.45) is 2.33. The standard InChI is InChI=1S/C16H20N2O2S2/c1-11(19)13-6-5-7-14(10-13)17-15(20)12(2)22-16(21)18-8-3-4-9-18/h5-7,10,12H,3-4,8-9H2,1-2H3,(H,17,20)/t12-/m1/s1. The molecule has 0 unspecified atom stereocenters. The summed E-state index contributed by atoms with van der Waals surface area (Å²) in [5, 5.41) is 2.57. The quantitative estimate of drug-likeness (QED) is 0.675. The van der Waals surface area contributed by atoms with E-state index in [2.05, 4.69) is 10.2 Å². The number of benzene rings is 1. The molecule has 4 nitrogen and oxygen atoms in total. The van der Waals surface area contributed by atoms with Crippen LogP contribution >= 0.6 is 24.0 Å². The van der Waals surface area contributed by atoms with Crippen LogP contribution in [0.4, 0.5) is 5.69 Å². The lowest BCUT2D eigenvalue weighted by Crippen LogP contribution is -2.29. The Balaban J connectivity index is 1.92. The second kappa shape index (κ2) is 7.74. The van der Waals surface area contributed by atoms with E-state index in [1.807, 2.05) is 6.92 Å². The van der Waals surface area contributed by atoms with Gasteiger partial charge in [0.15, 0.2) is 5.78 Å². The molecule has 22 heavy (non-hydrogen) atoms. The van der Waals surface area contributed by atoms with Gasteiger partial charge in [-0.25, -0.2) is 0 Å². The van der Waals surface area contributed by atoms with Crippen molar-refractivity contribution in [2.75, 3.05) is 18.4 Å². The van der Waals surface area contributed by atoms with Crippen LogP contribution in [-0.4, -0.2) is 39.3 Å². The number of amides is 1. The minimum absolute atomic E-state index is 0.0197.